The van der Waals surface area contributed by atoms with E-state index in [9.17, 15) is 4.79 Å². The lowest BCUT2D eigenvalue weighted by Crippen LogP contribution is -2.29. The number of nitrogens with two attached hydrogens (primary N) is 1. The van der Waals surface area contributed by atoms with E-state index < -0.39 is 0 Å². The molecule has 1 heterocycles. The van der Waals surface area contributed by atoms with Crippen molar-refractivity contribution < 1.29 is 4.79 Å². The first kappa shape index (κ1) is 15.6. The molecular weight excluding hydrogens is 238 g/mol. The number of carbonyl (C=O) groups excluding carboxylic acids is 1. The van der Waals surface area contributed by atoms with Crippen molar-refractivity contribution in [1.82, 2.24) is 10.3 Å². The van der Waals surface area contributed by atoms with Crippen LogP contribution in [0, 0.1) is 18.8 Å². The van der Waals surface area contributed by atoms with Crippen LogP contribution in [0.25, 0.3) is 0 Å². The molecule has 1 aromatic rings. The van der Waals surface area contributed by atoms with Gasteiger partial charge in [0.1, 0.15) is 0 Å². The molecule has 0 aliphatic heterocycles. The summed E-state index contributed by atoms with van der Waals surface area (Å²) in [5.74, 6) is 0.894. The van der Waals surface area contributed by atoms with Gasteiger partial charge >= 0.3 is 0 Å². The summed E-state index contributed by atoms with van der Waals surface area (Å²) in [6.45, 7) is 7.35. The molecule has 1 amide bonds. The van der Waals surface area contributed by atoms with Crippen LogP contribution in [0.2, 0.25) is 0 Å². The van der Waals surface area contributed by atoms with Gasteiger partial charge in [-0.1, -0.05) is 19.9 Å². The Morgan fingerprint density at radius 3 is 2.79 bits per heavy atom. The van der Waals surface area contributed by atoms with Gasteiger partial charge in [0.25, 0.3) is 0 Å². The number of amides is 1. The van der Waals surface area contributed by atoms with Crippen molar-refractivity contribution in [3.63, 3.8) is 0 Å². The second-order valence-electron chi connectivity index (χ2n) is 5.48. The lowest BCUT2D eigenvalue weighted by molar-refractivity contribution is -0.122. The van der Waals surface area contributed by atoms with E-state index in [1.807, 2.05) is 19.1 Å². The molecule has 0 spiro atoms. The van der Waals surface area contributed by atoms with Crippen LogP contribution >= 0.6 is 0 Å². The van der Waals surface area contributed by atoms with E-state index in [1.165, 1.54) is 0 Å². The summed E-state index contributed by atoms with van der Waals surface area (Å²) in [5.41, 5.74) is 7.73. The number of rotatable bonds is 7. The molecule has 0 aliphatic rings. The van der Waals surface area contributed by atoms with E-state index in [4.69, 9.17) is 5.73 Å². The first-order valence-electron chi connectivity index (χ1n) is 6.90. The third kappa shape index (κ3) is 5.83. The van der Waals surface area contributed by atoms with Gasteiger partial charge in [0.15, 0.2) is 0 Å². The maximum Gasteiger partial charge on any atom is 0.220 e. The number of pyridine rings is 1. The minimum Gasteiger partial charge on any atom is -0.350 e. The van der Waals surface area contributed by atoms with Crippen molar-refractivity contribution in [2.75, 3.05) is 6.54 Å². The fourth-order valence-electron chi connectivity index (χ4n) is 2.15. The Labute approximate surface area is 115 Å². The molecule has 0 aliphatic carbocycles. The lowest BCUT2D eigenvalue weighted by Gasteiger charge is -2.16. The Morgan fingerprint density at radius 2 is 2.21 bits per heavy atom. The number of hydrogen-bond donors (Lipinski definition) is 2. The molecule has 0 fully saturated rings. The third-order valence-electron chi connectivity index (χ3n) is 3.18. The highest BCUT2D eigenvalue weighted by molar-refractivity contribution is 5.76. The standard InChI is InChI=1S/C15H25N3O/c1-11(2)7-13(9-16)8-15(19)18-10-14-12(3)5-4-6-17-14/h4-6,11,13H,7-10,16H2,1-3H3,(H,18,19). The quantitative estimate of drug-likeness (QED) is 0.791. The van der Waals surface area contributed by atoms with Gasteiger partial charge in [0.05, 0.1) is 12.2 Å². The topological polar surface area (TPSA) is 68.0 Å². The van der Waals surface area contributed by atoms with Crippen molar-refractivity contribution in [1.29, 1.82) is 0 Å². The first-order valence-corrected chi connectivity index (χ1v) is 6.90. The minimum atomic E-state index is 0.0566. The van der Waals surface area contributed by atoms with Crippen LogP contribution in [0.1, 0.15) is 37.9 Å². The van der Waals surface area contributed by atoms with Crippen LogP contribution in [0.5, 0.6) is 0 Å². The Bertz CT molecular complexity index is 404. The van der Waals surface area contributed by atoms with E-state index in [0.717, 1.165) is 17.7 Å². The number of carbonyl (C=O) groups is 1. The minimum absolute atomic E-state index is 0.0566. The monoisotopic (exact) mass is 263 g/mol. The molecule has 1 aromatic heterocycles. The molecule has 106 valence electrons. The molecule has 19 heavy (non-hydrogen) atoms. The summed E-state index contributed by atoms with van der Waals surface area (Å²) in [6.07, 6.45) is 3.24. The van der Waals surface area contributed by atoms with E-state index in [2.05, 4.69) is 24.1 Å². The van der Waals surface area contributed by atoms with Gasteiger partial charge in [-0.3, -0.25) is 9.78 Å². The molecular formula is C15H25N3O. The zero-order chi connectivity index (χ0) is 14.3. The molecule has 0 saturated carbocycles. The molecule has 4 nitrogen and oxygen atoms in total. The van der Waals surface area contributed by atoms with Crippen molar-refractivity contribution >= 4 is 5.91 Å². The average Bonchev–Trinajstić information content (AvgIpc) is 2.36. The summed E-state index contributed by atoms with van der Waals surface area (Å²) in [5, 5.41) is 2.92. The van der Waals surface area contributed by atoms with Gasteiger partial charge in [-0.15, -0.1) is 0 Å². The fraction of sp³-hybridized carbons (Fsp3) is 0.600. The summed E-state index contributed by atoms with van der Waals surface area (Å²) in [7, 11) is 0. The maximum atomic E-state index is 11.9. The number of aromatic nitrogens is 1. The lowest BCUT2D eigenvalue weighted by atomic mass is 9.94. The van der Waals surface area contributed by atoms with Gasteiger partial charge in [0.2, 0.25) is 5.91 Å². The zero-order valence-corrected chi connectivity index (χ0v) is 12.1. The number of aryl methyl sites for hydroxylation is 1. The van der Waals surface area contributed by atoms with Crippen molar-refractivity contribution in [2.45, 2.75) is 40.2 Å². The van der Waals surface area contributed by atoms with Crippen LogP contribution in [0.3, 0.4) is 0 Å². The Morgan fingerprint density at radius 1 is 1.47 bits per heavy atom. The van der Waals surface area contributed by atoms with Crippen LogP contribution in [-0.2, 0) is 11.3 Å². The van der Waals surface area contributed by atoms with Crippen molar-refractivity contribution in [2.24, 2.45) is 17.6 Å². The number of hydrogen-bond acceptors (Lipinski definition) is 3. The van der Waals surface area contributed by atoms with Crippen LogP contribution in [-0.4, -0.2) is 17.4 Å². The largest absolute Gasteiger partial charge is 0.350 e. The molecule has 4 heteroatoms. The molecule has 0 saturated heterocycles. The average molecular weight is 263 g/mol. The molecule has 1 unspecified atom stereocenters. The molecule has 3 N–H and O–H groups in total. The molecule has 0 radical (unpaired) electrons. The smallest absolute Gasteiger partial charge is 0.220 e. The highest BCUT2D eigenvalue weighted by Crippen LogP contribution is 2.14. The zero-order valence-electron chi connectivity index (χ0n) is 12.1. The van der Waals surface area contributed by atoms with E-state index in [-0.39, 0.29) is 11.8 Å². The highest BCUT2D eigenvalue weighted by atomic mass is 16.1. The summed E-state index contributed by atoms with van der Waals surface area (Å²) in [6, 6.07) is 3.89. The number of nitrogens with one attached hydrogen (secondary N) is 1. The second-order valence-corrected chi connectivity index (χ2v) is 5.48. The van der Waals surface area contributed by atoms with Gasteiger partial charge in [-0.05, 0) is 43.4 Å². The normalized spacial score (nSPS) is 12.5. The Kier molecular flexibility index (Phi) is 6.50. The van der Waals surface area contributed by atoms with Crippen LogP contribution < -0.4 is 11.1 Å². The second kappa shape index (κ2) is 7.89. The fourth-order valence-corrected chi connectivity index (χ4v) is 2.15. The maximum absolute atomic E-state index is 11.9. The van der Waals surface area contributed by atoms with E-state index in [1.54, 1.807) is 6.20 Å². The van der Waals surface area contributed by atoms with Crippen molar-refractivity contribution in [3.8, 4) is 0 Å². The van der Waals surface area contributed by atoms with Gasteiger partial charge in [0, 0.05) is 12.6 Å². The Hall–Kier alpha value is -1.42. The van der Waals surface area contributed by atoms with E-state index >= 15 is 0 Å². The van der Waals surface area contributed by atoms with Crippen LogP contribution in [0.15, 0.2) is 18.3 Å². The highest BCUT2D eigenvalue weighted by Gasteiger charge is 2.14. The molecule has 1 atom stereocenters. The number of nitrogens with zero attached hydrogens (tertiary/aromatic N) is 1. The van der Waals surface area contributed by atoms with Gasteiger partial charge < -0.3 is 11.1 Å². The predicted molar refractivity (Wildman–Crippen MR) is 77.4 cm³/mol. The summed E-state index contributed by atoms with van der Waals surface area (Å²) >= 11 is 0. The van der Waals surface area contributed by atoms with Gasteiger partial charge in [-0.25, -0.2) is 0 Å². The van der Waals surface area contributed by atoms with Gasteiger partial charge in [-0.2, -0.15) is 0 Å². The molecule has 1 rings (SSSR count). The molecule has 0 bridgehead atoms. The predicted octanol–water partition coefficient (Wildman–Crippen LogP) is 2.02. The summed E-state index contributed by atoms with van der Waals surface area (Å²) < 4.78 is 0. The first-order chi connectivity index (χ1) is 9.02. The third-order valence-corrected chi connectivity index (χ3v) is 3.18. The summed E-state index contributed by atoms with van der Waals surface area (Å²) in [4.78, 5) is 16.1. The van der Waals surface area contributed by atoms with E-state index in [0.29, 0.717) is 25.4 Å². The Balaban J connectivity index is 2.41. The van der Waals surface area contributed by atoms with Crippen LogP contribution in [0.4, 0.5) is 0 Å². The van der Waals surface area contributed by atoms with Crippen molar-refractivity contribution in [3.05, 3.63) is 29.6 Å². The SMILES string of the molecule is Cc1cccnc1CNC(=O)CC(CN)CC(C)C. The molecule has 0 aromatic carbocycles.